The topological polar surface area (TPSA) is 77.8 Å². The van der Waals surface area contributed by atoms with E-state index < -0.39 is 12.1 Å². The van der Waals surface area contributed by atoms with E-state index >= 15 is 0 Å². The fourth-order valence-corrected chi connectivity index (χ4v) is 2.45. The van der Waals surface area contributed by atoms with Gasteiger partial charge < -0.3 is 15.1 Å². The van der Waals surface area contributed by atoms with Gasteiger partial charge in [-0.05, 0) is 37.1 Å². The summed E-state index contributed by atoms with van der Waals surface area (Å²) in [5.74, 6) is -0.907. The number of amides is 1. The Kier molecular flexibility index (Phi) is 4.75. The highest BCUT2D eigenvalue weighted by atomic mass is 16.4. The molecule has 0 saturated carbocycles. The molecular weight excluding hydrogens is 270 g/mol. The average Bonchev–Trinajstić information content (AvgIpc) is 2.95. The number of carbonyl (C=O) groups excluding carboxylic acids is 1. The molecule has 2 N–H and O–H groups in total. The second kappa shape index (κ2) is 6.54. The Morgan fingerprint density at radius 2 is 2.00 bits per heavy atom. The van der Waals surface area contributed by atoms with Gasteiger partial charge in [-0.1, -0.05) is 12.1 Å². The lowest BCUT2D eigenvalue weighted by Gasteiger charge is -2.17. The summed E-state index contributed by atoms with van der Waals surface area (Å²) in [6, 6.07) is 6.82. The molecule has 1 aliphatic heterocycles. The van der Waals surface area contributed by atoms with Crippen molar-refractivity contribution in [3.63, 3.8) is 0 Å². The molecule has 1 amide bonds. The number of aliphatic carboxylic acids is 1. The van der Waals surface area contributed by atoms with Gasteiger partial charge in [0.1, 0.15) is 0 Å². The van der Waals surface area contributed by atoms with Crippen molar-refractivity contribution in [3.8, 4) is 0 Å². The van der Waals surface area contributed by atoms with Gasteiger partial charge in [-0.25, -0.2) is 4.79 Å². The maximum absolute atomic E-state index is 12.3. The first kappa shape index (κ1) is 15.3. The summed E-state index contributed by atoms with van der Waals surface area (Å²) in [5, 5.41) is 18.1. The Labute approximate surface area is 123 Å². The van der Waals surface area contributed by atoms with Crippen LogP contribution in [0.2, 0.25) is 0 Å². The third-order valence-electron chi connectivity index (χ3n) is 3.77. The molecule has 1 aromatic carbocycles. The van der Waals surface area contributed by atoms with Crippen molar-refractivity contribution >= 4 is 18.0 Å². The molecule has 1 aromatic rings. The van der Waals surface area contributed by atoms with Crippen LogP contribution in [0.1, 0.15) is 29.3 Å². The third-order valence-corrected chi connectivity index (χ3v) is 3.77. The van der Waals surface area contributed by atoms with Gasteiger partial charge in [-0.2, -0.15) is 0 Å². The molecule has 0 aromatic heterocycles. The van der Waals surface area contributed by atoms with Crippen LogP contribution in [0.15, 0.2) is 30.3 Å². The molecule has 2 atom stereocenters. The molecule has 0 aliphatic carbocycles. The van der Waals surface area contributed by atoms with E-state index in [1.807, 2.05) is 0 Å². The number of likely N-dealkylation sites (tertiary alicyclic amines) is 1. The Morgan fingerprint density at radius 3 is 2.52 bits per heavy atom. The number of aliphatic hydroxyl groups excluding tert-OH is 1. The number of aliphatic hydroxyl groups is 1. The molecule has 21 heavy (non-hydrogen) atoms. The second-order valence-corrected chi connectivity index (χ2v) is 5.33. The van der Waals surface area contributed by atoms with Crippen molar-refractivity contribution in [2.75, 3.05) is 13.1 Å². The molecule has 5 nitrogen and oxygen atoms in total. The van der Waals surface area contributed by atoms with Crippen molar-refractivity contribution in [2.45, 2.75) is 19.4 Å². The van der Waals surface area contributed by atoms with Crippen LogP contribution in [0.25, 0.3) is 6.08 Å². The second-order valence-electron chi connectivity index (χ2n) is 5.33. The zero-order chi connectivity index (χ0) is 15.4. The fraction of sp³-hybridized carbons (Fsp3) is 0.375. The predicted octanol–water partition coefficient (Wildman–Crippen LogP) is 1.63. The highest BCUT2D eigenvalue weighted by Crippen LogP contribution is 2.21. The summed E-state index contributed by atoms with van der Waals surface area (Å²) in [6.07, 6.45) is 2.97. The van der Waals surface area contributed by atoms with Crippen LogP contribution >= 0.6 is 0 Å². The number of nitrogens with zero attached hydrogens (tertiary/aromatic N) is 1. The summed E-state index contributed by atoms with van der Waals surface area (Å²) in [6.45, 7) is 2.99. The highest BCUT2D eigenvalue weighted by Gasteiger charge is 2.29. The Balaban J connectivity index is 2.02. The third kappa shape index (κ3) is 3.92. The van der Waals surface area contributed by atoms with Gasteiger partial charge >= 0.3 is 5.97 Å². The van der Waals surface area contributed by atoms with Crippen LogP contribution in [0.4, 0.5) is 0 Å². The fourth-order valence-electron chi connectivity index (χ4n) is 2.45. The minimum absolute atomic E-state index is 0.0492. The normalized spacial score (nSPS) is 19.9. The van der Waals surface area contributed by atoms with Gasteiger partial charge in [-0.15, -0.1) is 0 Å². The van der Waals surface area contributed by atoms with Crippen LogP contribution in [0, 0.1) is 5.92 Å². The lowest BCUT2D eigenvalue weighted by atomic mass is 10.0. The van der Waals surface area contributed by atoms with E-state index in [2.05, 4.69) is 0 Å². The molecule has 112 valence electrons. The maximum atomic E-state index is 12.3. The summed E-state index contributed by atoms with van der Waals surface area (Å²) in [7, 11) is 0. The van der Waals surface area contributed by atoms with Crippen molar-refractivity contribution in [1.82, 2.24) is 4.90 Å². The number of carbonyl (C=O) groups is 2. The number of hydrogen-bond acceptors (Lipinski definition) is 3. The zero-order valence-corrected chi connectivity index (χ0v) is 11.9. The summed E-state index contributed by atoms with van der Waals surface area (Å²) >= 11 is 0. The van der Waals surface area contributed by atoms with E-state index in [1.165, 1.54) is 6.08 Å². The first-order valence-corrected chi connectivity index (χ1v) is 6.96. The van der Waals surface area contributed by atoms with Crippen molar-refractivity contribution in [1.29, 1.82) is 0 Å². The largest absolute Gasteiger partial charge is 0.478 e. The van der Waals surface area contributed by atoms with Crippen molar-refractivity contribution in [2.24, 2.45) is 5.92 Å². The van der Waals surface area contributed by atoms with Gasteiger partial charge in [-0.3, -0.25) is 4.79 Å². The van der Waals surface area contributed by atoms with Crippen LogP contribution < -0.4 is 0 Å². The van der Waals surface area contributed by atoms with Crippen LogP contribution in [0.5, 0.6) is 0 Å². The Morgan fingerprint density at radius 1 is 1.33 bits per heavy atom. The summed E-state index contributed by atoms with van der Waals surface area (Å²) < 4.78 is 0. The van der Waals surface area contributed by atoms with E-state index in [9.17, 15) is 14.7 Å². The first-order valence-electron chi connectivity index (χ1n) is 6.96. The molecule has 1 saturated heterocycles. The molecule has 1 aliphatic rings. The number of carboxylic acids is 1. The first-order chi connectivity index (χ1) is 9.97. The van der Waals surface area contributed by atoms with Crippen molar-refractivity contribution < 1.29 is 19.8 Å². The van der Waals surface area contributed by atoms with E-state index in [0.717, 1.165) is 18.1 Å². The molecule has 1 heterocycles. The van der Waals surface area contributed by atoms with Crippen LogP contribution in [-0.4, -0.2) is 46.2 Å². The Bertz CT molecular complexity index is 548. The van der Waals surface area contributed by atoms with Gasteiger partial charge in [0.2, 0.25) is 0 Å². The van der Waals surface area contributed by atoms with Gasteiger partial charge in [0.05, 0.1) is 6.10 Å². The van der Waals surface area contributed by atoms with Gasteiger partial charge in [0.15, 0.2) is 0 Å². The van der Waals surface area contributed by atoms with Crippen molar-refractivity contribution in [3.05, 3.63) is 41.5 Å². The monoisotopic (exact) mass is 289 g/mol. The van der Waals surface area contributed by atoms with Crippen LogP contribution in [0.3, 0.4) is 0 Å². The molecule has 2 rings (SSSR count). The average molecular weight is 289 g/mol. The quantitative estimate of drug-likeness (QED) is 0.826. The molecule has 1 fully saturated rings. The number of hydrogen-bond donors (Lipinski definition) is 2. The van der Waals surface area contributed by atoms with E-state index in [-0.39, 0.29) is 11.8 Å². The highest BCUT2D eigenvalue weighted by molar-refractivity contribution is 5.94. The molecular formula is C16H19NO4. The minimum atomic E-state index is -1.00. The van der Waals surface area contributed by atoms with Gasteiger partial charge in [0, 0.05) is 30.6 Å². The Hall–Kier alpha value is -2.14. The molecule has 0 bridgehead atoms. The SMILES string of the molecule is CC(O)C1CCN(C(=O)c2ccc(/C=C/C(=O)O)cc2)C1. The predicted molar refractivity (Wildman–Crippen MR) is 78.8 cm³/mol. The smallest absolute Gasteiger partial charge is 0.328 e. The maximum Gasteiger partial charge on any atom is 0.328 e. The number of benzene rings is 1. The molecule has 0 radical (unpaired) electrons. The van der Waals surface area contributed by atoms with Crippen LogP contribution in [-0.2, 0) is 4.79 Å². The van der Waals surface area contributed by atoms with Gasteiger partial charge in [0.25, 0.3) is 5.91 Å². The lowest BCUT2D eigenvalue weighted by molar-refractivity contribution is -0.131. The minimum Gasteiger partial charge on any atom is -0.478 e. The summed E-state index contributed by atoms with van der Waals surface area (Å²) in [4.78, 5) is 24.5. The zero-order valence-electron chi connectivity index (χ0n) is 11.9. The lowest BCUT2D eigenvalue weighted by Crippen LogP contribution is -2.30. The number of rotatable bonds is 4. The molecule has 0 spiro atoms. The van der Waals surface area contributed by atoms with E-state index in [0.29, 0.717) is 18.7 Å². The van der Waals surface area contributed by atoms with E-state index in [4.69, 9.17) is 5.11 Å². The molecule has 5 heteroatoms. The standard InChI is InChI=1S/C16H19NO4/c1-11(18)14-8-9-17(10-14)16(21)13-5-2-12(3-6-13)4-7-15(19)20/h2-7,11,14,18H,8-10H2,1H3,(H,19,20)/b7-4+. The van der Waals surface area contributed by atoms with E-state index in [1.54, 1.807) is 36.1 Å². The number of carboxylic acid groups (broad SMARTS) is 1. The summed E-state index contributed by atoms with van der Waals surface area (Å²) in [5.41, 5.74) is 1.31. The molecule has 2 unspecified atom stereocenters.